The lowest BCUT2D eigenvalue weighted by atomic mass is 10.1. The summed E-state index contributed by atoms with van der Waals surface area (Å²) in [5.41, 5.74) is 0.639. The lowest BCUT2D eigenvalue weighted by Crippen LogP contribution is -2.56. The number of hydrogen-bond acceptors (Lipinski definition) is 8. The van der Waals surface area contributed by atoms with Gasteiger partial charge in [-0.05, 0) is 32.8 Å². The first kappa shape index (κ1) is 23.5. The van der Waals surface area contributed by atoms with Crippen LogP contribution in [0.25, 0.3) is 16.3 Å². The van der Waals surface area contributed by atoms with Crippen LogP contribution in [0.1, 0.15) is 38.1 Å². The Morgan fingerprint density at radius 2 is 2.09 bits per heavy atom. The molecule has 0 spiro atoms. The highest BCUT2D eigenvalue weighted by atomic mass is 32.2. The minimum atomic E-state index is -3.89. The second-order valence-corrected chi connectivity index (χ2v) is 11.8. The number of rotatable bonds is 7. The first-order valence-electron chi connectivity index (χ1n) is 10.8. The normalized spacial score (nSPS) is 22.6. The summed E-state index contributed by atoms with van der Waals surface area (Å²) in [4.78, 5) is 6.29. The van der Waals surface area contributed by atoms with Crippen molar-refractivity contribution in [1.29, 1.82) is 0 Å². The molecule has 5 rings (SSSR count). The quantitative estimate of drug-likeness (QED) is 0.499. The number of piperazine rings is 1. The van der Waals surface area contributed by atoms with Gasteiger partial charge in [-0.15, -0.1) is 10.2 Å². The van der Waals surface area contributed by atoms with E-state index < -0.39 is 39.7 Å². The van der Waals surface area contributed by atoms with Crippen molar-refractivity contribution in [3.05, 3.63) is 23.5 Å². The Kier molecular flexibility index (Phi) is 5.81. The largest absolute Gasteiger partial charge is 0.367 e. The molecule has 2 N–H and O–H groups in total. The van der Waals surface area contributed by atoms with Crippen LogP contribution in [0.4, 0.5) is 18.9 Å². The molecule has 2 fully saturated rings. The molecule has 0 aromatic carbocycles. The lowest BCUT2D eigenvalue weighted by Gasteiger charge is -2.38. The molecule has 0 bridgehead atoms. The number of sulfonamides is 1. The first-order chi connectivity index (χ1) is 16.1. The van der Waals surface area contributed by atoms with Gasteiger partial charge in [0, 0.05) is 30.9 Å². The summed E-state index contributed by atoms with van der Waals surface area (Å²) in [7, 11) is -3.89. The maximum Gasteiger partial charge on any atom is 0.291 e. The van der Waals surface area contributed by atoms with E-state index in [2.05, 4.69) is 25.2 Å². The van der Waals surface area contributed by atoms with Crippen molar-refractivity contribution in [1.82, 2.24) is 29.6 Å². The van der Waals surface area contributed by atoms with Crippen molar-refractivity contribution in [2.45, 2.75) is 55.6 Å². The highest BCUT2D eigenvalue weighted by Gasteiger charge is 2.41. The van der Waals surface area contributed by atoms with Crippen molar-refractivity contribution in [3.8, 4) is 10.8 Å². The molecule has 0 radical (unpaired) electrons. The van der Waals surface area contributed by atoms with Gasteiger partial charge in [-0.25, -0.2) is 31.3 Å². The minimum Gasteiger partial charge on any atom is -0.367 e. The Labute approximate surface area is 198 Å². The molecule has 0 unspecified atom stereocenters. The van der Waals surface area contributed by atoms with Gasteiger partial charge in [0.15, 0.2) is 15.8 Å². The Morgan fingerprint density at radius 1 is 1.32 bits per heavy atom. The maximum atomic E-state index is 13.5. The predicted molar refractivity (Wildman–Crippen MR) is 122 cm³/mol. The van der Waals surface area contributed by atoms with Gasteiger partial charge in [0.05, 0.1) is 23.4 Å². The van der Waals surface area contributed by atoms with Crippen LogP contribution in [0, 0.1) is 0 Å². The van der Waals surface area contributed by atoms with Crippen molar-refractivity contribution in [2.24, 2.45) is 0 Å². The van der Waals surface area contributed by atoms with E-state index in [1.165, 1.54) is 16.8 Å². The number of anilines is 1. The SMILES string of the molecule is C[C@H]1CN(c2cc(S(=O)(=O)NC3(C)CC3)cn3c(-c4nnc(C(F)F)s4)ncc23)C[C@@H](CF)N1. The number of nitrogens with zero attached hydrogens (tertiary/aromatic N) is 5. The van der Waals surface area contributed by atoms with Crippen LogP contribution in [-0.4, -0.2) is 65.4 Å². The summed E-state index contributed by atoms with van der Waals surface area (Å²) >= 11 is 0.699. The monoisotopic (exact) mass is 515 g/mol. The molecule has 34 heavy (non-hydrogen) atoms. The second kappa shape index (κ2) is 8.43. The molecule has 1 saturated heterocycles. The standard InChI is InChI=1S/C20H24F3N7O2S2/c1-11-8-29(9-12(6-21)25-11)14-5-13(34(31,32)28-20(2)3-4-20)10-30-15(14)7-24-17(30)19-27-26-18(33-19)16(22)23/h5,7,10-12,16,25,28H,3-4,6,8-9H2,1-2H3/t11-,12+/m0/s1. The molecule has 3 aromatic heterocycles. The first-order valence-corrected chi connectivity index (χ1v) is 13.1. The minimum absolute atomic E-state index is 0.00366. The van der Waals surface area contributed by atoms with Crippen molar-refractivity contribution < 1.29 is 21.6 Å². The fourth-order valence-corrected chi connectivity index (χ4v) is 6.34. The summed E-state index contributed by atoms with van der Waals surface area (Å²) in [5, 5.41) is 10.2. The number of imidazole rings is 1. The molecule has 1 aliphatic heterocycles. The molecular formula is C20H24F3N7O2S2. The van der Waals surface area contributed by atoms with Gasteiger partial charge >= 0.3 is 0 Å². The third-order valence-corrected chi connectivity index (χ3v) is 8.62. The summed E-state index contributed by atoms with van der Waals surface area (Å²) in [6.07, 6.45) is 1.67. The average molecular weight is 516 g/mol. The molecular weight excluding hydrogens is 491 g/mol. The second-order valence-electron chi connectivity index (χ2n) is 9.13. The topological polar surface area (TPSA) is 105 Å². The van der Waals surface area contributed by atoms with Gasteiger partial charge in [-0.1, -0.05) is 11.3 Å². The smallest absolute Gasteiger partial charge is 0.291 e. The predicted octanol–water partition coefficient (Wildman–Crippen LogP) is 2.76. The third kappa shape index (κ3) is 4.39. The Morgan fingerprint density at radius 3 is 2.74 bits per heavy atom. The molecule has 4 heterocycles. The number of nitrogens with one attached hydrogen (secondary N) is 2. The molecule has 3 aromatic rings. The number of aromatic nitrogens is 4. The molecule has 1 saturated carbocycles. The van der Waals surface area contributed by atoms with E-state index in [0.717, 1.165) is 12.8 Å². The van der Waals surface area contributed by atoms with Crippen LogP contribution in [0.2, 0.25) is 0 Å². The Bertz CT molecular complexity index is 1320. The number of fused-ring (bicyclic) bond motifs is 1. The fraction of sp³-hybridized carbons (Fsp3) is 0.550. The summed E-state index contributed by atoms with van der Waals surface area (Å²) < 4.78 is 70.5. The van der Waals surface area contributed by atoms with E-state index in [4.69, 9.17) is 0 Å². The van der Waals surface area contributed by atoms with Crippen LogP contribution < -0.4 is 14.9 Å². The van der Waals surface area contributed by atoms with Crippen molar-refractivity contribution in [3.63, 3.8) is 0 Å². The lowest BCUT2D eigenvalue weighted by molar-refractivity contribution is 0.150. The summed E-state index contributed by atoms with van der Waals surface area (Å²) in [6.45, 7) is 4.05. The van der Waals surface area contributed by atoms with E-state index in [1.807, 2.05) is 18.7 Å². The molecule has 184 valence electrons. The number of halogens is 3. The van der Waals surface area contributed by atoms with Crippen molar-refractivity contribution >= 4 is 32.6 Å². The van der Waals surface area contributed by atoms with E-state index >= 15 is 0 Å². The average Bonchev–Trinajstić information content (AvgIpc) is 3.18. The van der Waals surface area contributed by atoms with Gasteiger partial charge < -0.3 is 10.2 Å². The van der Waals surface area contributed by atoms with E-state index in [1.54, 1.807) is 6.07 Å². The zero-order valence-corrected chi connectivity index (χ0v) is 20.1. The number of pyridine rings is 1. The van der Waals surface area contributed by atoms with Gasteiger partial charge in [-0.3, -0.25) is 4.40 Å². The molecule has 1 aliphatic carbocycles. The Balaban J connectivity index is 1.66. The molecule has 2 aliphatic rings. The molecule has 9 nitrogen and oxygen atoms in total. The third-order valence-electron chi connectivity index (χ3n) is 6.09. The number of hydrogen-bond donors (Lipinski definition) is 2. The summed E-state index contributed by atoms with van der Waals surface area (Å²) in [5.74, 6) is 0.209. The van der Waals surface area contributed by atoms with Crippen LogP contribution in [0.3, 0.4) is 0 Å². The fourth-order valence-electron chi connectivity index (χ4n) is 4.17. The highest BCUT2D eigenvalue weighted by molar-refractivity contribution is 7.89. The highest BCUT2D eigenvalue weighted by Crippen LogP contribution is 2.37. The van der Waals surface area contributed by atoms with Crippen LogP contribution in [0.5, 0.6) is 0 Å². The zero-order valence-electron chi connectivity index (χ0n) is 18.5. The van der Waals surface area contributed by atoms with Crippen LogP contribution in [-0.2, 0) is 10.0 Å². The molecule has 0 amide bonds. The van der Waals surface area contributed by atoms with Gasteiger partial charge in [0.1, 0.15) is 11.6 Å². The van der Waals surface area contributed by atoms with E-state index in [9.17, 15) is 21.6 Å². The zero-order chi connectivity index (χ0) is 24.3. The maximum absolute atomic E-state index is 13.5. The number of alkyl halides is 3. The van der Waals surface area contributed by atoms with Gasteiger partial charge in [0.2, 0.25) is 10.0 Å². The van der Waals surface area contributed by atoms with Crippen LogP contribution in [0.15, 0.2) is 23.4 Å². The van der Waals surface area contributed by atoms with Crippen LogP contribution >= 0.6 is 11.3 Å². The Hall–Kier alpha value is -2.29. The summed E-state index contributed by atoms with van der Waals surface area (Å²) in [6, 6.07) is 1.12. The van der Waals surface area contributed by atoms with Gasteiger partial charge in [0.25, 0.3) is 6.43 Å². The van der Waals surface area contributed by atoms with Gasteiger partial charge in [-0.2, -0.15) is 0 Å². The van der Waals surface area contributed by atoms with E-state index in [0.29, 0.717) is 35.6 Å². The molecule has 2 atom stereocenters. The van der Waals surface area contributed by atoms with E-state index in [-0.39, 0.29) is 21.8 Å². The molecule has 14 heteroatoms. The van der Waals surface area contributed by atoms with Crippen molar-refractivity contribution in [2.75, 3.05) is 24.7 Å².